The van der Waals surface area contributed by atoms with Gasteiger partial charge in [-0.1, -0.05) is 24.3 Å². The van der Waals surface area contributed by atoms with E-state index in [-0.39, 0.29) is 18.4 Å². The van der Waals surface area contributed by atoms with Crippen molar-refractivity contribution < 1.29 is 14.3 Å². The molecule has 0 fully saturated rings. The molecule has 5 heteroatoms. The minimum atomic E-state index is -0.246. The Bertz CT molecular complexity index is 828. The van der Waals surface area contributed by atoms with E-state index in [0.29, 0.717) is 0 Å². The normalized spacial score (nSPS) is 10.6. The molecule has 2 rings (SSSR count). The Morgan fingerprint density at radius 1 is 1.15 bits per heavy atom. The molecular weight excluding hydrogens is 328 g/mol. The fourth-order valence-corrected chi connectivity index (χ4v) is 2.41. The summed E-state index contributed by atoms with van der Waals surface area (Å²) in [6.45, 7) is 3.93. The number of aryl methyl sites for hydroxylation is 1. The Kier molecular flexibility index (Phi) is 6.55. The summed E-state index contributed by atoms with van der Waals surface area (Å²) in [5.74, 6) is 0.245. The summed E-state index contributed by atoms with van der Waals surface area (Å²) in [4.78, 5) is 25.8. The van der Waals surface area contributed by atoms with Crippen LogP contribution in [0.2, 0.25) is 0 Å². The number of benzene rings is 2. The van der Waals surface area contributed by atoms with Crippen LogP contribution in [0.1, 0.15) is 16.7 Å². The van der Waals surface area contributed by atoms with Crippen molar-refractivity contribution in [2.24, 2.45) is 0 Å². The van der Waals surface area contributed by atoms with Gasteiger partial charge in [0.25, 0.3) is 0 Å². The lowest BCUT2D eigenvalue weighted by Crippen LogP contribution is -2.34. The minimum absolute atomic E-state index is 0.0192. The van der Waals surface area contributed by atoms with Gasteiger partial charge in [0.1, 0.15) is 5.75 Å². The molecule has 2 aromatic rings. The molecule has 136 valence electrons. The SMILES string of the molecule is COc1cccc(/C=C/C(=O)N(C)CC(=O)Nc2cccc(C)c2C)c1. The summed E-state index contributed by atoms with van der Waals surface area (Å²) < 4.78 is 5.15. The van der Waals surface area contributed by atoms with Crippen molar-refractivity contribution in [3.05, 3.63) is 65.2 Å². The predicted octanol–water partition coefficient (Wildman–Crippen LogP) is 3.42. The number of methoxy groups -OCH3 is 1. The van der Waals surface area contributed by atoms with Gasteiger partial charge in [0.15, 0.2) is 0 Å². The molecule has 0 saturated heterocycles. The highest BCUT2D eigenvalue weighted by molar-refractivity contribution is 5.98. The lowest BCUT2D eigenvalue weighted by atomic mass is 10.1. The average molecular weight is 352 g/mol. The van der Waals surface area contributed by atoms with Gasteiger partial charge >= 0.3 is 0 Å². The summed E-state index contributed by atoms with van der Waals surface area (Å²) in [6.07, 6.45) is 3.14. The van der Waals surface area contributed by atoms with Crippen LogP contribution in [-0.2, 0) is 9.59 Å². The molecule has 26 heavy (non-hydrogen) atoms. The lowest BCUT2D eigenvalue weighted by molar-refractivity contribution is -0.129. The third-order valence-electron chi connectivity index (χ3n) is 4.15. The molecule has 0 atom stereocenters. The van der Waals surface area contributed by atoms with Gasteiger partial charge in [0, 0.05) is 18.8 Å². The second kappa shape index (κ2) is 8.85. The number of ether oxygens (including phenoxy) is 1. The highest BCUT2D eigenvalue weighted by Gasteiger charge is 2.12. The monoisotopic (exact) mass is 352 g/mol. The van der Waals surface area contributed by atoms with Crippen LogP contribution < -0.4 is 10.1 Å². The number of carbonyl (C=O) groups excluding carboxylic acids is 2. The number of anilines is 1. The number of carbonyl (C=O) groups is 2. The molecule has 0 aliphatic rings. The summed E-state index contributed by atoms with van der Waals surface area (Å²) in [7, 11) is 3.19. The maximum atomic E-state index is 12.2. The van der Waals surface area contributed by atoms with Crippen molar-refractivity contribution in [3.63, 3.8) is 0 Å². The van der Waals surface area contributed by atoms with Crippen molar-refractivity contribution in [2.45, 2.75) is 13.8 Å². The predicted molar refractivity (Wildman–Crippen MR) is 104 cm³/mol. The molecule has 0 aliphatic heterocycles. The average Bonchev–Trinajstić information content (AvgIpc) is 2.63. The highest BCUT2D eigenvalue weighted by atomic mass is 16.5. The molecule has 2 amide bonds. The molecule has 5 nitrogen and oxygen atoms in total. The molecule has 0 bridgehead atoms. The quantitative estimate of drug-likeness (QED) is 0.811. The van der Waals surface area contributed by atoms with E-state index in [1.54, 1.807) is 20.2 Å². The molecule has 1 N–H and O–H groups in total. The van der Waals surface area contributed by atoms with E-state index in [2.05, 4.69) is 5.32 Å². The first-order chi connectivity index (χ1) is 12.4. The van der Waals surface area contributed by atoms with Crippen LogP contribution in [0.25, 0.3) is 6.08 Å². The molecule has 2 aromatic carbocycles. The van der Waals surface area contributed by atoms with E-state index >= 15 is 0 Å². The van der Waals surface area contributed by atoms with Gasteiger partial charge in [-0.2, -0.15) is 0 Å². The van der Waals surface area contributed by atoms with E-state index in [4.69, 9.17) is 4.74 Å². The minimum Gasteiger partial charge on any atom is -0.497 e. The van der Waals surface area contributed by atoms with Gasteiger partial charge in [-0.15, -0.1) is 0 Å². The molecule has 0 saturated carbocycles. The van der Waals surface area contributed by atoms with Crippen molar-refractivity contribution in [2.75, 3.05) is 26.0 Å². The zero-order valence-electron chi connectivity index (χ0n) is 15.6. The fourth-order valence-electron chi connectivity index (χ4n) is 2.41. The summed E-state index contributed by atoms with van der Waals surface area (Å²) in [6, 6.07) is 13.1. The topological polar surface area (TPSA) is 58.6 Å². The number of nitrogens with zero attached hydrogens (tertiary/aromatic N) is 1. The van der Waals surface area contributed by atoms with Gasteiger partial charge in [0.05, 0.1) is 13.7 Å². The first-order valence-electron chi connectivity index (χ1n) is 8.34. The smallest absolute Gasteiger partial charge is 0.246 e. The number of nitrogens with one attached hydrogen (secondary N) is 1. The van der Waals surface area contributed by atoms with Crippen LogP contribution >= 0.6 is 0 Å². The standard InChI is InChI=1S/C21H24N2O3/c1-15-7-5-10-19(16(15)2)22-20(24)14-23(3)21(25)12-11-17-8-6-9-18(13-17)26-4/h5-13H,14H2,1-4H3,(H,22,24)/b12-11+. The summed E-state index contributed by atoms with van der Waals surface area (Å²) in [5.41, 5.74) is 3.75. The zero-order chi connectivity index (χ0) is 19.1. The van der Waals surface area contributed by atoms with Gasteiger partial charge in [-0.05, 0) is 54.8 Å². The van der Waals surface area contributed by atoms with Gasteiger partial charge in [-0.3, -0.25) is 9.59 Å². The molecule has 0 heterocycles. The van der Waals surface area contributed by atoms with Crippen molar-refractivity contribution in [1.29, 1.82) is 0 Å². The van der Waals surface area contributed by atoms with Crippen LogP contribution in [0.3, 0.4) is 0 Å². The Hall–Kier alpha value is -3.08. The third-order valence-corrected chi connectivity index (χ3v) is 4.15. The van der Waals surface area contributed by atoms with Crippen LogP contribution in [0.5, 0.6) is 5.75 Å². The second-order valence-corrected chi connectivity index (χ2v) is 6.10. The first kappa shape index (κ1) is 19.2. The number of amides is 2. The van der Waals surface area contributed by atoms with Gasteiger partial charge in [-0.25, -0.2) is 0 Å². The summed E-state index contributed by atoms with van der Waals surface area (Å²) >= 11 is 0. The van der Waals surface area contributed by atoms with E-state index < -0.39 is 0 Å². The van der Waals surface area contributed by atoms with E-state index in [1.165, 1.54) is 11.0 Å². The Labute approximate surface area is 154 Å². The maximum absolute atomic E-state index is 12.2. The molecular formula is C21H24N2O3. The van der Waals surface area contributed by atoms with Crippen LogP contribution in [0.4, 0.5) is 5.69 Å². The lowest BCUT2D eigenvalue weighted by Gasteiger charge is -2.16. The molecule has 0 aliphatic carbocycles. The van der Waals surface area contributed by atoms with Gasteiger partial charge < -0.3 is 15.0 Å². The van der Waals surface area contributed by atoms with Crippen LogP contribution in [0, 0.1) is 13.8 Å². The Morgan fingerprint density at radius 3 is 2.62 bits per heavy atom. The maximum Gasteiger partial charge on any atom is 0.246 e. The van der Waals surface area contributed by atoms with Crippen molar-refractivity contribution in [1.82, 2.24) is 4.90 Å². The number of hydrogen-bond acceptors (Lipinski definition) is 3. The number of likely N-dealkylation sites (N-methyl/N-ethyl adjacent to an activating group) is 1. The first-order valence-corrected chi connectivity index (χ1v) is 8.34. The molecule has 0 aromatic heterocycles. The largest absolute Gasteiger partial charge is 0.497 e. The summed E-state index contributed by atoms with van der Waals surface area (Å²) in [5, 5.41) is 2.85. The van der Waals surface area contributed by atoms with Gasteiger partial charge in [0.2, 0.25) is 11.8 Å². The Morgan fingerprint density at radius 2 is 1.88 bits per heavy atom. The number of rotatable bonds is 6. The van der Waals surface area contributed by atoms with E-state index in [0.717, 1.165) is 28.1 Å². The number of hydrogen-bond donors (Lipinski definition) is 1. The Balaban J connectivity index is 1.94. The zero-order valence-corrected chi connectivity index (χ0v) is 15.6. The van der Waals surface area contributed by atoms with Crippen LogP contribution in [-0.4, -0.2) is 37.4 Å². The second-order valence-electron chi connectivity index (χ2n) is 6.10. The molecule has 0 radical (unpaired) electrons. The highest BCUT2D eigenvalue weighted by Crippen LogP contribution is 2.18. The third kappa shape index (κ3) is 5.21. The van der Waals surface area contributed by atoms with E-state index in [1.807, 2.05) is 56.3 Å². The molecule has 0 unspecified atom stereocenters. The van der Waals surface area contributed by atoms with Crippen molar-refractivity contribution >= 4 is 23.6 Å². The fraction of sp³-hybridized carbons (Fsp3) is 0.238. The van der Waals surface area contributed by atoms with Crippen molar-refractivity contribution in [3.8, 4) is 5.75 Å². The van der Waals surface area contributed by atoms with Crippen LogP contribution in [0.15, 0.2) is 48.5 Å². The molecule has 0 spiro atoms. The van der Waals surface area contributed by atoms with E-state index in [9.17, 15) is 9.59 Å².